The Kier molecular flexibility index (Phi) is 7.08. The third kappa shape index (κ3) is 9.22. The highest BCUT2D eigenvalue weighted by Crippen LogP contribution is 2.15. The second-order valence-corrected chi connectivity index (χ2v) is 8.82. The summed E-state index contributed by atoms with van der Waals surface area (Å²) in [6, 6.07) is 9.08. The summed E-state index contributed by atoms with van der Waals surface area (Å²) in [6.45, 7) is 16.8. The first-order chi connectivity index (χ1) is 10.1. The highest BCUT2D eigenvalue weighted by molar-refractivity contribution is 5.22. The third-order valence-corrected chi connectivity index (χ3v) is 3.60. The van der Waals surface area contributed by atoms with Crippen LogP contribution in [0.2, 0.25) is 0 Å². The van der Waals surface area contributed by atoms with Crippen molar-refractivity contribution in [3.05, 3.63) is 35.4 Å². The first-order valence-electron chi connectivity index (χ1n) is 8.57. The van der Waals surface area contributed by atoms with Crippen LogP contribution < -0.4 is 5.32 Å². The zero-order valence-corrected chi connectivity index (χ0v) is 15.8. The average Bonchev–Trinajstić information content (AvgIpc) is 2.35. The molecule has 0 unspecified atom stereocenters. The van der Waals surface area contributed by atoms with Gasteiger partial charge in [0.15, 0.2) is 0 Å². The second kappa shape index (κ2) is 8.12. The Morgan fingerprint density at radius 2 is 1.45 bits per heavy atom. The molecule has 1 aromatic rings. The van der Waals surface area contributed by atoms with Crippen molar-refractivity contribution in [1.82, 2.24) is 10.2 Å². The van der Waals surface area contributed by atoms with Gasteiger partial charge < -0.3 is 10.2 Å². The standard InChI is InChI=1S/C20H36N2/c1-19(2,3)16-22(7)14-8-9-17-10-12-18(13-11-17)15-21-20(4,5)6/h10-13,21H,8-9,14-16H2,1-7H3. The van der Waals surface area contributed by atoms with E-state index >= 15 is 0 Å². The fourth-order valence-electron chi connectivity index (χ4n) is 2.63. The van der Waals surface area contributed by atoms with Gasteiger partial charge in [0.05, 0.1) is 0 Å². The van der Waals surface area contributed by atoms with E-state index in [4.69, 9.17) is 0 Å². The number of rotatable bonds is 7. The number of nitrogens with one attached hydrogen (secondary N) is 1. The summed E-state index contributed by atoms with van der Waals surface area (Å²) < 4.78 is 0. The molecule has 0 amide bonds. The van der Waals surface area contributed by atoms with Crippen LogP contribution >= 0.6 is 0 Å². The van der Waals surface area contributed by atoms with Crippen molar-refractivity contribution >= 4 is 0 Å². The Hall–Kier alpha value is -0.860. The molecule has 0 aliphatic heterocycles. The first-order valence-corrected chi connectivity index (χ1v) is 8.57. The average molecular weight is 305 g/mol. The van der Waals surface area contributed by atoms with Gasteiger partial charge in [-0.25, -0.2) is 0 Å². The summed E-state index contributed by atoms with van der Waals surface area (Å²) in [4.78, 5) is 2.45. The molecule has 1 aromatic carbocycles. The molecule has 0 spiro atoms. The Labute approximate surface area is 138 Å². The van der Waals surface area contributed by atoms with Crippen molar-refractivity contribution in [3.8, 4) is 0 Å². The SMILES string of the molecule is CN(CCCc1ccc(CNC(C)(C)C)cc1)CC(C)(C)C. The highest BCUT2D eigenvalue weighted by atomic mass is 15.1. The molecule has 2 nitrogen and oxygen atoms in total. The normalized spacial score (nSPS) is 12.9. The van der Waals surface area contributed by atoms with Crippen molar-refractivity contribution in [2.45, 2.75) is 66.5 Å². The summed E-state index contributed by atoms with van der Waals surface area (Å²) in [5, 5.41) is 3.53. The molecule has 0 aliphatic rings. The maximum Gasteiger partial charge on any atom is 0.0210 e. The van der Waals surface area contributed by atoms with E-state index in [1.807, 2.05) is 0 Å². The molecule has 0 saturated carbocycles. The number of aryl methyl sites for hydroxylation is 1. The molecule has 0 bridgehead atoms. The lowest BCUT2D eigenvalue weighted by atomic mass is 9.96. The monoisotopic (exact) mass is 304 g/mol. The van der Waals surface area contributed by atoms with Gasteiger partial charge in [-0.1, -0.05) is 45.0 Å². The molecular weight excluding hydrogens is 268 g/mol. The number of hydrogen-bond donors (Lipinski definition) is 1. The second-order valence-electron chi connectivity index (χ2n) is 8.82. The fourth-order valence-corrected chi connectivity index (χ4v) is 2.63. The Morgan fingerprint density at radius 3 is 1.95 bits per heavy atom. The van der Waals surface area contributed by atoms with Crippen LogP contribution in [0.15, 0.2) is 24.3 Å². The molecule has 1 N–H and O–H groups in total. The lowest BCUT2D eigenvalue weighted by Crippen LogP contribution is -2.35. The van der Waals surface area contributed by atoms with E-state index in [0.29, 0.717) is 5.41 Å². The quantitative estimate of drug-likeness (QED) is 0.798. The van der Waals surface area contributed by atoms with Crippen LogP contribution in [0.3, 0.4) is 0 Å². The molecule has 0 aromatic heterocycles. The minimum atomic E-state index is 0.177. The molecular formula is C20H36N2. The summed E-state index contributed by atoms with van der Waals surface area (Å²) in [6.07, 6.45) is 2.40. The summed E-state index contributed by atoms with van der Waals surface area (Å²) in [7, 11) is 2.23. The summed E-state index contributed by atoms with van der Waals surface area (Å²) >= 11 is 0. The molecule has 0 radical (unpaired) electrons. The van der Waals surface area contributed by atoms with Crippen molar-refractivity contribution < 1.29 is 0 Å². The van der Waals surface area contributed by atoms with Crippen molar-refractivity contribution in [2.24, 2.45) is 5.41 Å². The van der Waals surface area contributed by atoms with Crippen molar-refractivity contribution in [2.75, 3.05) is 20.1 Å². The molecule has 1 rings (SSSR count). The van der Waals surface area contributed by atoms with Crippen molar-refractivity contribution in [3.63, 3.8) is 0 Å². The van der Waals surface area contributed by atoms with Crippen LogP contribution in [-0.4, -0.2) is 30.6 Å². The van der Waals surface area contributed by atoms with Crippen LogP contribution in [0, 0.1) is 5.41 Å². The molecule has 2 heteroatoms. The van der Waals surface area contributed by atoms with Crippen molar-refractivity contribution in [1.29, 1.82) is 0 Å². The van der Waals surface area contributed by atoms with Gasteiger partial charge >= 0.3 is 0 Å². The molecule has 0 saturated heterocycles. The molecule has 22 heavy (non-hydrogen) atoms. The van der Waals surface area contributed by atoms with Gasteiger partial charge in [0, 0.05) is 18.6 Å². The zero-order chi connectivity index (χ0) is 16.8. The van der Waals surface area contributed by atoms with E-state index in [2.05, 4.69) is 83.1 Å². The molecule has 0 heterocycles. The predicted octanol–water partition coefficient (Wildman–Crippen LogP) is 4.49. The van der Waals surface area contributed by atoms with Gasteiger partial charge in [-0.05, 0) is 63.7 Å². The Bertz CT molecular complexity index is 421. The Morgan fingerprint density at radius 1 is 0.909 bits per heavy atom. The fraction of sp³-hybridized carbons (Fsp3) is 0.700. The lowest BCUT2D eigenvalue weighted by Gasteiger charge is -2.26. The predicted molar refractivity (Wildman–Crippen MR) is 98.3 cm³/mol. The lowest BCUT2D eigenvalue weighted by molar-refractivity contribution is 0.225. The van der Waals surface area contributed by atoms with Gasteiger partial charge in [-0.2, -0.15) is 0 Å². The van der Waals surface area contributed by atoms with Gasteiger partial charge in [-0.15, -0.1) is 0 Å². The topological polar surface area (TPSA) is 15.3 Å². The number of benzene rings is 1. The van der Waals surface area contributed by atoms with Crippen LogP contribution in [0.25, 0.3) is 0 Å². The Balaban J connectivity index is 2.33. The summed E-state index contributed by atoms with van der Waals surface area (Å²) in [5.41, 5.74) is 3.37. The van der Waals surface area contributed by atoms with Crippen LogP contribution in [0.5, 0.6) is 0 Å². The smallest absolute Gasteiger partial charge is 0.0210 e. The molecule has 126 valence electrons. The van der Waals surface area contributed by atoms with Crippen LogP contribution in [0.1, 0.15) is 59.1 Å². The van der Waals surface area contributed by atoms with Crippen LogP contribution in [-0.2, 0) is 13.0 Å². The number of hydrogen-bond acceptors (Lipinski definition) is 2. The van der Waals surface area contributed by atoms with Gasteiger partial charge in [0.2, 0.25) is 0 Å². The van der Waals surface area contributed by atoms with E-state index in [-0.39, 0.29) is 5.54 Å². The first kappa shape index (κ1) is 19.2. The van der Waals surface area contributed by atoms with Gasteiger partial charge in [0.1, 0.15) is 0 Å². The summed E-state index contributed by atoms with van der Waals surface area (Å²) in [5.74, 6) is 0. The van der Waals surface area contributed by atoms with E-state index in [9.17, 15) is 0 Å². The van der Waals surface area contributed by atoms with Gasteiger partial charge in [0.25, 0.3) is 0 Å². The molecule has 0 atom stereocenters. The highest BCUT2D eigenvalue weighted by Gasteiger charge is 2.13. The minimum Gasteiger partial charge on any atom is -0.308 e. The van der Waals surface area contributed by atoms with E-state index in [1.165, 1.54) is 30.5 Å². The van der Waals surface area contributed by atoms with E-state index in [0.717, 1.165) is 13.1 Å². The molecule has 0 aliphatic carbocycles. The maximum absolute atomic E-state index is 3.53. The van der Waals surface area contributed by atoms with Crippen LogP contribution in [0.4, 0.5) is 0 Å². The third-order valence-electron chi connectivity index (χ3n) is 3.60. The van der Waals surface area contributed by atoms with E-state index < -0.39 is 0 Å². The van der Waals surface area contributed by atoms with Gasteiger partial charge in [-0.3, -0.25) is 0 Å². The molecule has 0 fully saturated rings. The zero-order valence-electron chi connectivity index (χ0n) is 15.8. The van der Waals surface area contributed by atoms with E-state index in [1.54, 1.807) is 0 Å². The number of nitrogens with zero attached hydrogens (tertiary/aromatic N) is 1. The largest absolute Gasteiger partial charge is 0.308 e. The minimum absolute atomic E-state index is 0.177. The maximum atomic E-state index is 3.53.